The number of fused-ring (bicyclic) bond motifs is 3. The van der Waals surface area contributed by atoms with E-state index in [2.05, 4.69) is 175 Å². The van der Waals surface area contributed by atoms with Crippen molar-refractivity contribution < 1.29 is 0 Å². The molecule has 1 unspecified atom stereocenters. The summed E-state index contributed by atoms with van der Waals surface area (Å²) in [6.07, 6.45) is 17.2. The zero-order valence-corrected chi connectivity index (χ0v) is 30.2. The summed E-state index contributed by atoms with van der Waals surface area (Å²) in [5, 5.41) is 0. The minimum atomic E-state index is 0.0167. The molecule has 0 N–H and O–H groups in total. The van der Waals surface area contributed by atoms with Gasteiger partial charge in [0.1, 0.15) is 0 Å². The van der Waals surface area contributed by atoms with Crippen LogP contribution >= 0.6 is 0 Å². The molecule has 4 fully saturated rings. The Balaban J connectivity index is 1.16. The van der Waals surface area contributed by atoms with Crippen molar-refractivity contribution in [3.63, 3.8) is 0 Å². The molecule has 1 atom stereocenters. The van der Waals surface area contributed by atoms with E-state index >= 15 is 0 Å². The molecule has 6 aliphatic rings. The zero-order valence-electron chi connectivity index (χ0n) is 30.2. The van der Waals surface area contributed by atoms with E-state index in [4.69, 9.17) is 0 Å². The number of benzene rings is 6. The molecule has 1 spiro atoms. The molecule has 6 aromatic rings. The lowest BCUT2D eigenvalue weighted by Crippen LogP contribution is -2.55. The first-order chi connectivity index (χ1) is 26.3. The molecule has 0 amide bonds. The quantitative estimate of drug-likeness (QED) is 0.169. The van der Waals surface area contributed by atoms with Gasteiger partial charge in [-0.3, -0.25) is 0 Å². The van der Waals surface area contributed by atoms with Crippen molar-refractivity contribution in [1.29, 1.82) is 0 Å². The topological polar surface area (TPSA) is 3.24 Å². The minimum Gasteiger partial charge on any atom is -0.310 e. The fourth-order valence-electron chi connectivity index (χ4n) is 11.9. The molecular formula is C52H45N. The smallest absolute Gasteiger partial charge is 0.0540 e. The summed E-state index contributed by atoms with van der Waals surface area (Å²) in [5.41, 5.74) is 16.4. The van der Waals surface area contributed by atoms with Crippen LogP contribution in [-0.4, -0.2) is 0 Å². The third-order valence-electron chi connectivity index (χ3n) is 13.8. The lowest BCUT2D eigenvalue weighted by molar-refractivity contribution is -0.0397. The molecule has 4 saturated carbocycles. The van der Waals surface area contributed by atoms with Gasteiger partial charge in [-0.25, -0.2) is 0 Å². The standard InChI is InChI=1S/C52H45N/c1-4-13-37(14-5-1)39-23-26-44(27-24-39)53(49-21-11-10-19-45(49)40-17-8-3-9-18-40)50-22-12-20-47-46-28-25-41(38-15-6-2-7-16-38)34-48(46)52(51(47)50)42-30-35-29-36(32-42)33-43(52)31-35/h1-15,17-28,34-36,38,42-43H,16,29-33H2. The molecule has 0 radical (unpaired) electrons. The molecule has 4 bridgehead atoms. The maximum atomic E-state index is 2.69. The summed E-state index contributed by atoms with van der Waals surface area (Å²) in [6.45, 7) is 0. The van der Waals surface area contributed by atoms with Crippen LogP contribution in [0.5, 0.6) is 0 Å². The molecule has 53 heavy (non-hydrogen) atoms. The van der Waals surface area contributed by atoms with Crippen LogP contribution in [0.3, 0.4) is 0 Å². The van der Waals surface area contributed by atoms with Crippen LogP contribution in [0.2, 0.25) is 0 Å². The number of para-hydroxylation sites is 1. The van der Waals surface area contributed by atoms with Gasteiger partial charge in [-0.15, -0.1) is 0 Å². The van der Waals surface area contributed by atoms with Gasteiger partial charge in [0, 0.05) is 22.6 Å². The Morgan fingerprint density at radius 2 is 1.13 bits per heavy atom. The highest BCUT2D eigenvalue weighted by Gasteiger charge is 2.62. The predicted molar refractivity (Wildman–Crippen MR) is 221 cm³/mol. The molecule has 6 aromatic carbocycles. The van der Waals surface area contributed by atoms with E-state index in [1.165, 1.54) is 88.1 Å². The van der Waals surface area contributed by atoms with Crippen LogP contribution in [-0.2, 0) is 5.41 Å². The molecular weight excluding hydrogens is 639 g/mol. The van der Waals surface area contributed by atoms with Crippen LogP contribution in [0.1, 0.15) is 61.1 Å². The van der Waals surface area contributed by atoms with E-state index in [-0.39, 0.29) is 5.41 Å². The summed E-state index contributed by atoms with van der Waals surface area (Å²) in [6, 6.07) is 55.1. The SMILES string of the molecule is C1=CCC(c2ccc3c(c2)C2(c4c-3cccc4N(c3ccc(-c4ccccc4)cc3)c3ccccc3-c3ccccc3)C3CC4CC(C3)CC2C4)C=C1. The molecule has 1 nitrogen and oxygen atoms in total. The first-order valence-corrected chi connectivity index (χ1v) is 20.0. The molecule has 0 saturated heterocycles. The van der Waals surface area contributed by atoms with Crippen molar-refractivity contribution in [3.05, 3.63) is 187 Å². The van der Waals surface area contributed by atoms with Crippen LogP contribution in [0, 0.1) is 23.7 Å². The van der Waals surface area contributed by atoms with Crippen molar-refractivity contribution >= 4 is 17.1 Å². The lowest BCUT2D eigenvalue weighted by Gasteiger charge is -2.61. The Bertz CT molecular complexity index is 2350. The van der Waals surface area contributed by atoms with Crippen molar-refractivity contribution in [1.82, 2.24) is 0 Å². The van der Waals surface area contributed by atoms with Crippen molar-refractivity contribution in [3.8, 4) is 33.4 Å². The summed E-state index contributed by atoms with van der Waals surface area (Å²) in [4.78, 5) is 2.63. The number of hydrogen-bond acceptors (Lipinski definition) is 1. The lowest BCUT2D eigenvalue weighted by atomic mass is 9.43. The average Bonchev–Trinajstić information content (AvgIpc) is 3.52. The summed E-state index contributed by atoms with van der Waals surface area (Å²) in [7, 11) is 0. The molecule has 258 valence electrons. The fraction of sp³-hybridized carbons (Fsp3) is 0.231. The summed E-state index contributed by atoms with van der Waals surface area (Å²) in [5.74, 6) is 3.56. The van der Waals surface area contributed by atoms with Crippen LogP contribution in [0.4, 0.5) is 17.1 Å². The van der Waals surface area contributed by atoms with E-state index in [0.29, 0.717) is 17.8 Å². The first kappa shape index (κ1) is 31.2. The van der Waals surface area contributed by atoms with Crippen molar-refractivity contribution in [2.75, 3.05) is 4.90 Å². The number of allylic oxidation sites excluding steroid dienone is 4. The van der Waals surface area contributed by atoms with Gasteiger partial charge in [-0.2, -0.15) is 0 Å². The Morgan fingerprint density at radius 3 is 1.85 bits per heavy atom. The van der Waals surface area contributed by atoms with Gasteiger partial charge < -0.3 is 4.90 Å². The van der Waals surface area contributed by atoms with E-state index in [0.717, 1.165) is 18.3 Å². The molecule has 1 heteroatoms. The van der Waals surface area contributed by atoms with Gasteiger partial charge in [0.05, 0.1) is 11.4 Å². The maximum Gasteiger partial charge on any atom is 0.0540 e. The number of nitrogens with zero attached hydrogens (tertiary/aromatic N) is 1. The number of rotatable bonds is 6. The molecule has 0 aliphatic heterocycles. The second kappa shape index (κ2) is 12.3. The molecule has 0 aromatic heterocycles. The third kappa shape index (κ3) is 4.83. The monoisotopic (exact) mass is 683 g/mol. The van der Waals surface area contributed by atoms with E-state index < -0.39 is 0 Å². The first-order valence-electron chi connectivity index (χ1n) is 20.0. The predicted octanol–water partition coefficient (Wildman–Crippen LogP) is 13.8. The largest absolute Gasteiger partial charge is 0.310 e. The van der Waals surface area contributed by atoms with Crippen molar-refractivity contribution in [2.45, 2.75) is 49.9 Å². The second-order valence-electron chi connectivity index (χ2n) is 16.5. The Hall–Kier alpha value is -5.40. The average molecular weight is 684 g/mol. The van der Waals surface area contributed by atoms with Gasteiger partial charge in [0.15, 0.2) is 0 Å². The van der Waals surface area contributed by atoms with Gasteiger partial charge >= 0.3 is 0 Å². The summed E-state index contributed by atoms with van der Waals surface area (Å²) >= 11 is 0. The fourth-order valence-corrected chi connectivity index (χ4v) is 11.9. The van der Waals surface area contributed by atoms with Gasteiger partial charge in [0.25, 0.3) is 0 Å². The Labute approximate surface area is 314 Å². The third-order valence-corrected chi connectivity index (χ3v) is 13.8. The van der Waals surface area contributed by atoms with Gasteiger partial charge in [0.2, 0.25) is 0 Å². The second-order valence-corrected chi connectivity index (χ2v) is 16.5. The van der Waals surface area contributed by atoms with Crippen LogP contribution in [0.15, 0.2) is 170 Å². The highest BCUT2D eigenvalue weighted by atomic mass is 15.1. The normalized spacial score (nSPS) is 25.8. The Morgan fingerprint density at radius 1 is 0.491 bits per heavy atom. The number of hydrogen-bond donors (Lipinski definition) is 0. The van der Waals surface area contributed by atoms with Gasteiger partial charge in [-0.1, -0.05) is 146 Å². The van der Waals surface area contributed by atoms with Crippen molar-refractivity contribution in [2.24, 2.45) is 23.7 Å². The number of anilines is 3. The zero-order chi connectivity index (χ0) is 34.9. The maximum absolute atomic E-state index is 2.69. The van der Waals surface area contributed by atoms with E-state index in [1.807, 2.05) is 0 Å². The van der Waals surface area contributed by atoms with E-state index in [9.17, 15) is 0 Å². The highest BCUT2D eigenvalue weighted by Crippen LogP contribution is 2.71. The summed E-state index contributed by atoms with van der Waals surface area (Å²) < 4.78 is 0. The molecule has 12 rings (SSSR count). The van der Waals surface area contributed by atoms with Crippen LogP contribution < -0.4 is 4.90 Å². The molecule has 0 heterocycles. The van der Waals surface area contributed by atoms with E-state index in [1.54, 1.807) is 11.1 Å². The Kier molecular flexibility index (Phi) is 7.26. The molecule has 6 aliphatic carbocycles. The van der Waals surface area contributed by atoms with Gasteiger partial charge in [-0.05, 0) is 131 Å². The van der Waals surface area contributed by atoms with Crippen LogP contribution in [0.25, 0.3) is 33.4 Å². The minimum absolute atomic E-state index is 0.0167. The highest BCUT2D eigenvalue weighted by molar-refractivity contribution is 5.95.